The predicted octanol–water partition coefficient (Wildman–Crippen LogP) is 4.34. The Morgan fingerprint density at radius 3 is 2.79 bits per heavy atom. The van der Waals surface area contributed by atoms with Crippen LogP contribution in [0.25, 0.3) is 0 Å². The number of halogens is 1. The minimum absolute atomic E-state index is 0.694. The van der Waals surface area contributed by atoms with Crippen molar-refractivity contribution < 1.29 is 0 Å². The van der Waals surface area contributed by atoms with E-state index in [4.69, 9.17) is 16.6 Å². The molecule has 0 spiro atoms. The largest absolute Gasteiger partial charge is 0.356 e. The molecule has 0 atom stereocenters. The molecule has 1 saturated heterocycles. The van der Waals surface area contributed by atoms with Crippen molar-refractivity contribution in [3.05, 3.63) is 37.4 Å². The Bertz CT molecular complexity index is 764. The third-order valence-electron chi connectivity index (χ3n) is 5.14. The third-order valence-corrected chi connectivity index (χ3v) is 7.40. The molecule has 2 aromatic rings. The van der Waals surface area contributed by atoms with E-state index in [1.807, 2.05) is 13.1 Å². The lowest BCUT2D eigenvalue weighted by molar-refractivity contribution is 0.176. The summed E-state index contributed by atoms with van der Waals surface area (Å²) in [5.41, 5.74) is 1.23. The van der Waals surface area contributed by atoms with Gasteiger partial charge in [0.25, 0.3) is 0 Å². The normalized spacial score (nSPS) is 16.5. The minimum atomic E-state index is 0.694. The molecular formula is C20H30ClN5S2. The van der Waals surface area contributed by atoms with Crippen LogP contribution < -0.4 is 5.32 Å². The number of aryl methyl sites for hydroxylation is 1. The molecule has 0 aromatic carbocycles. The van der Waals surface area contributed by atoms with Gasteiger partial charge >= 0.3 is 0 Å². The molecule has 8 heteroatoms. The van der Waals surface area contributed by atoms with Gasteiger partial charge in [-0.15, -0.1) is 22.7 Å². The Hall–Kier alpha value is -1.15. The summed E-state index contributed by atoms with van der Waals surface area (Å²) in [6, 6.07) is 4.03. The smallest absolute Gasteiger partial charge is 0.193 e. The van der Waals surface area contributed by atoms with Gasteiger partial charge in [0.15, 0.2) is 5.96 Å². The summed E-state index contributed by atoms with van der Waals surface area (Å²) in [5.74, 6) is 1.64. The van der Waals surface area contributed by atoms with E-state index in [2.05, 4.69) is 45.5 Å². The number of rotatable bonds is 7. The summed E-state index contributed by atoms with van der Waals surface area (Å²) < 4.78 is 0.835. The lowest BCUT2D eigenvalue weighted by atomic mass is 9.97. The summed E-state index contributed by atoms with van der Waals surface area (Å²) in [7, 11) is 3.92. The summed E-state index contributed by atoms with van der Waals surface area (Å²) >= 11 is 9.45. The van der Waals surface area contributed by atoms with Crippen LogP contribution in [0.3, 0.4) is 0 Å². The predicted molar refractivity (Wildman–Crippen MR) is 122 cm³/mol. The SMILES string of the molecule is CCc1nc(CN2CCC(CNC(=NC)N(C)Cc3ccc(Cl)s3)CC2)cs1. The molecule has 0 bridgehead atoms. The van der Waals surface area contributed by atoms with E-state index in [9.17, 15) is 0 Å². The van der Waals surface area contributed by atoms with Crippen molar-refractivity contribution in [3.63, 3.8) is 0 Å². The molecule has 154 valence electrons. The molecule has 3 heterocycles. The number of thiazole rings is 1. The van der Waals surface area contributed by atoms with Crippen molar-refractivity contribution in [2.24, 2.45) is 10.9 Å². The molecule has 1 fully saturated rings. The number of hydrogen-bond acceptors (Lipinski definition) is 5. The van der Waals surface area contributed by atoms with Gasteiger partial charge in [-0.3, -0.25) is 9.89 Å². The van der Waals surface area contributed by atoms with Crippen molar-refractivity contribution in [2.75, 3.05) is 33.7 Å². The molecule has 0 amide bonds. The van der Waals surface area contributed by atoms with Crippen molar-refractivity contribution in [2.45, 2.75) is 39.3 Å². The highest BCUT2D eigenvalue weighted by Crippen LogP contribution is 2.23. The molecule has 0 aliphatic carbocycles. The maximum Gasteiger partial charge on any atom is 0.193 e. The zero-order valence-electron chi connectivity index (χ0n) is 16.9. The van der Waals surface area contributed by atoms with Gasteiger partial charge < -0.3 is 10.2 Å². The van der Waals surface area contributed by atoms with Crippen LogP contribution in [0.2, 0.25) is 4.34 Å². The summed E-state index contributed by atoms with van der Waals surface area (Å²) in [6.45, 7) is 7.25. The third kappa shape index (κ3) is 6.17. The van der Waals surface area contributed by atoms with Gasteiger partial charge in [-0.1, -0.05) is 18.5 Å². The van der Waals surface area contributed by atoms with Crippen LogP contribution in [0.4, 0.5) is 0 Å². The Morgan fingerprint density at radius 1 is 1.39 bits per heavy atom. The van der Waals surface area contributed by atoms with Crippen LogP contribution >= 0.6 is 34.3 Å². The van der Waals surface area contributed by atoms with Crippen LogP contribution in [-0.2, 0) is 19.5 Å². The molecule has 1 aliphatic rings. The molecule has 0 radical (unpaired) electrons. The van der Waals surface area contributed by atoms with E-state index < -0.39 is 0 Å². The van der Waals surface area contributed by atoms with Crippen molar-refractivity contribution >= 4 is 40.2 Å². The number of piperidine rings is 1. The molecular weight excluding hydrogens is 410 g/mol. The Kier molecular flexibility index (Phi) is 8.14. The molecule has 0 saturated carbocycles. The minimum Gasteiger partial charge on any atom is -0.356 e. The maximum absolute atomic E-state index is 6.04. The monoisotopic (exact) mass is 439 g/mol. The average molecular weight is 440 g/mol. The van der Waals surface area contributed by atoms with E-state index in [0.717, 1.165) is 49.4 Å². The van der Waals surface area contributed by atoms with Gasteiger partial charge in [-0.05, 0) is 50.4 Å². The topological polar surface area (TPSA) is 43.8 Å². The zero-order chi connectivity index (χ0) is 19.9. The van der Waals surface area contributed by atoms with Crippen LogP contribution in [0.15, 0.2) is 22.5 Å². The number of guanidine groups is 1. The van der Waals surface area contributed by atoms with Gasteiger partial charge in [0.1, 0.15) is 0 Å². The van der Waals surface area contributed by atoms with Crippen LogP contribution in [0, 0.1) is 5.92 Å². The lowest BCUT2D eigenvalue weighted by Crippen LogP contribution is -2.43. The van der Waals surface area contributed by atoms with E-state index in [1.165, 1.54) is 28.4 Å². The molecule has 28 heavy (non-hydrogen) atoms. The lowest BCUT2D eigenvalue weighted by Gasteiger charge is -2.32. The maximum atomic E-state index is 6.04. The van der Waals surface area contributed by atoms with E-state index in [-0.39, 0.29) is 0 Å². The molecule has 5 nitrogen and oxygen atoms in total. The van der Waals surface area contributed by atoms with Gasteiger partial charge in [0, 0.05) is 37.4 Å². The summed E-state index contributed by atoms with van der Waals surface area (Å²) in [6.07, 6.45) is 3.48. The van der Waals surface area contributed by atoms with Gasteiger partial charge in [0.05, 0.1) is 21.6 Å². The molecule has 2 aromatic heterocycles. The average Bonchev–Trinajstić information content (AvgIpc) is 3.32. The first kappa shape index (κ1) is 21.6. The van der Waals surface area contributed by atoms with Gasteiger partial charge in [0.2, 0.25) is 0 Å². The summed E-state index contributed by atoms with van der Waals surface area (Å²) in [4.78, 5) is 15.1. The number of aliphatic imine (C=N–C) groups is 1. The Morgan fingerprint density at radius 2 is 2.18 bits per heavy atom. The fourth-order valence-electron chi connectivity index (χ4n) is 3.53. The number of aromatic nitrogens is 1. The Balaban J connectivity index is 1.40. The van der Waals surface area contributed by atoms with Crippen molar-refractivity contribution in [1.29, 1.82) is 0 Å². The van der Waals surface area contributed by atoms with E-state index >= 15 is 0 Å². The number of nitrogens with one attached hydrogen (secondary N) is 1. The van der Waals surface area contributed by atoms with Gasteiger partial charge in [-0.25, -0.2) is 4.98 Å². The molecule has 0 unspecified atom stereocenters. The molecule has 1 aliphatic heterocycles. The quantitative estimate of drug-likeness (QED) is 0.514. The highest BCUT2D eigenvalue weighted by atomic mass is 35.5. The highest BCUT2D eigenvalue weighted by Gasteiger charge is 2.20. The van der Waals surface area contributed by atoms with E-state index in [1.54, 1.807) is 22.7 Å². The number of nitrogens with zero attached hydrogens (tertiary/aromatic N) is 4. The van der Waals surface area contributed by atoms with Crippen molar-refractivity contribution in [3.8, 4) is 0 Å². The number of hydrogen-bond donors (Lipinski definition) is 1. The fraction of sp³-hybridized carbons (Fsp3) is 0.600. The van der Waals surface area contributed by atoms with Crippen LogP contribution in [0.5, 0.6) is 0 Å². The number of thiophene rings is 1. The van der Waals surface area contributed by atoms with Crippen LogP contribution in [0.1, 0.15) is 35.3 Å². The van der Waals surface area contributed by atoms with Crippen LogP contribution in [-0.4, -0.2) is 54.5 Å². The first-order valence-electron chi connectivity index (χ1n) is 9.89. The second kappa shape index (κ2) is 10.6. The summed E-state index contributed by atoms with van der Waals surface area (Å²) in [5, 5.41) is 7.02. The second-order valence-electron chi connectivity index (χ2n) is 7.30. The van der Waals surface area contributed by atoms with E-state index in [0.29, 0.717) is 5.92 Å². The molecule has 3 rings (SSSR count). The highest BCUT2D eigenvalue weighted by molar-refractivity contribution is 7.16. The zero-order valence-corrected chi connectivity index (χ0v) is 19.3. The fourth-order valence-corrected chi connectivity index (χ4v) is 5.40. The first-order chi connectivity index (χ1) is 13.6. The standard InChI is InChI=1S/C20H30ClN5S2/c1-4-19-24-16(14-27-19)12-26-9-7-15(8-10-26)11-23-20(22-2)25(3)13-17-5-6-18(21)28-17/h5-6,14-15H,4,7-13H2,1-3H3,(H,22,23). The second-order valence-corrected chi connectivity index (χ2v) is 10.0. The first-order valence-corrected chi connectivity index (χ1v) is 12.0. The molecule has 1 N–H and O–H groups in total. The van der Waals surface area contributed by atoms with Gasteiger partial charge in [-0.2, -0.15) is 0 Å². The van der Waals surface area contributed by atoms with Crippen molar-refractivity contribution in [1.82, 2.24) is 20.1 Å². The Labute approximate surface area is 181 Å². The number of likely N-dealkylation sites (tertiary alicyclic amines) is 1.